The molecule has 3 aromatic rings. The highest BCUT2D eigenvalue weighted by Gasteiger charge is 2.27. The summed E-state index contributed by atoms with van der Waals surface area (Å²) in [5, 5.41) is 2.41. The Kier molecular flexibility index (Phi) is 7.94. The Morgan fingerprint density at radius 1 is 1.06 bits per heavy atom. The lowest BCUT2D eigenvalue weighted by Crippen LogP contribution is -2.42. The number of ether oxygens (including phenoxy) is 1. The summed E-state index contributed by atoms with van der Waals surface area (Å²) >= 11 is 5.86. The zero-order chi connectivity index (χ0) is 24.0. The number of aryl methyl sites for hydroxylation is 2. The molecule has 0 bridgehead atoms. The summed E-state index contributed by atoms with van der Waals surface area (Å²) in [6.07, 6.45) is 0. The zero-order valence-electron chi connectivity index (χ0n) is 18.2. The molecule has 3 rings (SSSR count). The molecule has 0 saturated carbocycles. The summed E-state index contributed by atoms with van der Waals surface area (Å²) in [7, 11) is -4.10. The van der Waals surface area contributed by atoms with Gasteiger partial charge in [0.05, 0.1) is 22.2 Å². The van der Waals surface area contributed by atoms with Gasteiger partial charge in [0.1, 0.15) is 24.7 Å². The standard InChI is InChI=1S/C24H24ClFN2O4S/c1-17-8-9-18(2)23(14-17)32-13-12-27-24(29)16-28(19-10-11-22(26)21(25)15-19)33(30,31)20-6-4-3-5-7-20/h3-11,14-15H,12-13,16H2,1-2H3,(H,27,29). The Morgan fingerprint density at radius 2 is 1.79 bits per heavy atom. The lowest BCUT2D eigenvalue weighted by atomic mass is 10.1. The predicted molar refractivity (Wildman–Crippen MR) is 127 cm³/mol. The quantitative estimate of drug-likeness (QED) is 0.448. The highest BCUT2D eigenvalue weighted by molar-refractivity contribution is 7.92. The molecule has 0 fully saturated rings. The number of amides is 1. The zero-order valence-corrected chi connectivity index (χ0v) is 19.8. The van der Waals surface area contributed by atoms with E-state index in [1.807, 2.05) is 32.0 Å². The van der Waals surface area contributed by atoms with Crippen LogP contribution in [-0.4, -0.2) is 34.0 Å². The first-order chi connectivity index (χ1) is 15.7. The van der Waals surface area contributed by atoms with E-state index in [4.69, 9.17) is 16.3 Å². The minimum absolute atomic E-state index is 0.00324. The van der Waals surface area contributed by atoms with Gasteiger partial charge in [-0.15, -0.1) is 0 Å². The number of nitrogens with zero attached hydrogens (tertiary/aromatic N) is 1. The van der Waals surface area contributed by atoms with Crippen LogP contribution in [0.2, 0.25) is 5.02 Å². The maximum Gasteiger partial charge on any atom is 0.264 e. The van der Waals surface area contributed by atoms with Gasteiger partial charge >= 0.3 is 0 Å². The van der Waals surface area contributed by atoms with Crippen molar-refractivity contribution in [1.29, 1.82) is 0 Å². The number of nitrogens with one attached hydrogen (secondary N) is 1. The van der Waals surface area contributed by atoms with Gasteiger partial charge in [0, 0.05) is 0 Å². The smallest absolute Gasteiger partial charge is 0.264 e. The lowest BCUT2D eigenvalue weighted by Gasteiger charge is -2.24. The number of sulfonamides is 1. The Morgan fingerprint density at radius 3 is 2.48 bits per heavy atom. The van der Waals surface area contributed by atoms with E-state index in [0.29, 0.717) is 0 Å². The monoisotopic (exact) mass is 490 g/mol. The predicted octanol–water partition coefficient (Wildman–Crippen LogP) is 4.49. The molecular weight excluding hydrogens is 467 g/mol. The molecule has 33 heavy (non-hydrogen) atoms. The molecule has 0 radical (unpaired) electrons. The molecule has 0 aromatic heterocycles. The molecular formula is C24H24ClFN2O4S. The van der Waals surface area contributed by atoms with Gasteiger partial charge in [0.15, 0.2) is 0 Å². The van der Waals surface area contributed by atoms with Gasteiger partial charge in [-0.2, -0.15) is 0 Å². The van der Waals surface area contributed by atoms with Crippen LogP contribution in [0.25, 0.3) is 0 Å². The molecule has 9 heteroatoms. The number of benzene rings is 3. The third kappa shape index (κ3) is 6.24. The molecule has 1 amide bonds. The van der Waals surface area contributed by atoms with Gasteiger partial charge in [-0.05, 0) is 61.4 Å². The average molecular weight is 491 g/mol. The van der Waals surface area contributed by atoms with Gasteiger partial charge in [-0.25, -0.2) is 12.8 Å². The van der Waals surface area contributed by atoms with E-state index in [-0.39, 0.29) is 28.8 Å². The SMILES string of the molecule is Cc1ccc(C)c(OCCNC(=O)CN(c2ccc(F)c(Cl)c2)S(=O)(=O)c2ccccc2)c1. The first kappa shape index (κ1) is 24.5. The summed E-state index contributed by atoms with van der Waals surface area (Å²) in [4.78, 5) is 12.6. The van der Waals surface area contributed by atoms with Crippen LogP contribution in [0.3, 0.4) is 0 Å². The Balaban J connectivity index is 1.72. The van der Waals surface area contributed by atoms with Crippen molar-refractivity contribution in [3.63, 3.8) is 0 Å². The normalized spacial score (nSPS) is 11.2. The number of anilines is 1. The number of carbonyl (C=O) groups excluding carboxylic acids is 1. The average Bonchev–Trinajstić information content (AvgIpc) is 2.79. The van der Waals surface area contributed by atoms with Crippen LogP contribution in [0.1, 0.15) is 11.1 Å². The molecule has 0 aliphatic rings. The van der Waals surface area contributed by atoms with E-state index in [1.54, 1.807) is 18.2 Å². The van der Waals surface area contributed by atoms with Gasteiger partial charge in [0.2, 0.25) is 5.91 Å². The van der Waals surface area contributed by atoms with Gasteiger partial charge in [-0.3, -0.25) is 9.10 Å². The van der Waals surface area contributed by atoms with Gasteiger partial charge in [-0.1, -0.05) is 41.9 Å². The fourth-order valence-electron chi connectivity index (χ4n) is 3.08. The molecule has 0 spiro atoms. The second-order valence-electron chi connectivity index (χ2n) is 7.39. The topological polar surface area (TPSA) is 75.7 Å². The second-order valence-corrected chi connectivity index (χ2v) is 9.66. The number of hydrogen-bond donors (Lipinski definition) is 1. The maximum absolute atomic E-state index is 13.6. The molecule has 0 heterocycles. The van der Waals surface area contributed by atoms with Crippen molar-refractivity contribution in [2.75, 3.05) is 24.0 Å². The van der Waals surface area contributed by atoms with Crippen LogP contribution >= 0.6 is 11.6 Å². The van der Waals surface area contributed by atoms with Crippen LogP contribution in [0.5, 0.6) is 5.75 Å². The second kappa shape index (κ2) is 10.7. The molecule has 0 aliphatic carbocycles. The molecule has 6 nitrogen and oxygen atoms in total. The Hall–Kier alpha value is -3.10. The van der Waals surface area contributed by atoms with E-state index in [0.717, 1.165) is 27.2 Å². The highest BCUT2D eigenvalue weighted by Crippen LogP contribution is 2.27. The van der Waals surface area contributed by atoms with E-state index in [9.17, 15) is 17.6 Å². The van der Waals surface area contributed by atoms with Gasteiger partial charge in [0.25, 0.3) is 10.0 Å². The first-order valence-corrected chi connectivity index (χ1v) is 12.0. The van der Waals surface area contributed by atoms with Crippen molar-refractivity contribution in [2.45, 2.75) is 18.7 Å². The van der Waals surface area contributed by atoms with E-state index >= 15 is 0 Å². The van der Waals surface area contributed by atoms with Crippen molar-refractivity contribution in [1.82, 2.24) is 5.32 Å². The minimum atomic E-state index is -4.10. The summed E-state index contributed by atoms with van der Waals surface area (Å²) in [5.74, 6) is -0.511. The van der Waals surface area contributed by atoms with E-state index in [1.165, 1.54) is 24.3 Å². The van der Waals surface area contributed by atoms with Crippen LogP contribution in [0.4, 0.5) is 10.1 Å². The molecule has 1 N–H and O–H groups in total. The number of hydrogen-bond acceptors (Lipinski definition) is 4. The van der Waals surface area contributed by atoms with Crippen LogP contribution in [0.15, 0.2) is 71.6 Å². The van der Waals surface area contributed by atoms with Crippen molar-refractivity contribution < 1.29 is 22.3 Å². The Bertz CT molecular complexity index is 1240. The summed E-state index contributed by atoms with van der Waals surface area (Å²) < 4.78 is 46.7. The molecule has 0 aliphatic heterocycles. The third-order valence-electron chi connectivity index (χ3n) is 4.84. The highest BCUT2D eigenvalue weighted by atomic mass is 35.5. The molecule has 0 atom stereocenters. The first-order valence-electron chi connectivity index (χ1n) is 10.2. The summed E-state index contributed by atoms with van der Waals surface area (Å²) in [5.41, 5.74) is 2.10. The number of halogens is 2. The largest absolute Gasteiger partial charge is 0.491 e. The van der Waals surface area contributed by atoms with Crippen LogP contribution < -0.4 is 14.4 Å². The van der Waals surface area contributed by atoms with Gasteiger partial charge < -0.3 is 10.1 Å². The fraction of sp³-hybridized carbons (Fsp3) is 0.208. The third-order valence-corrected chi connectivity index (χ3v) is 6.91. The molecule has 0 unspecified atom stereocenters. The number of rotatable bonds is 9. The summed E-state index contributed by atoms with van der Waals surface area (Å²) in [6.45, 7) is 3.76. The van der Waals surface area contributed by atoms with Crippen molar-refractivity contribution in [3.05, 3.63) is 88.7 Å². The fourth-order valence-corrected chi connectivity index (χ4v) is 4.68. The lowest BCUT2D eigenvalue weighted by molar-refractivity contribution is -0.119. The maximum atomic E-state index is 13.6. The number of carbonyl (C=O) groups is 1. The molecule has 3 aromatic carbocycles. The van der Waals surface area contributed by atoms with E-state index < -0.39 is 28.3 Å². The van der Waals surface area contributed by atoms with Crippen molar-refractivity contribution >= 4 is 33.2 Å². The van der Waals surface area contributed by atoms with E-state index in [2.05, 4.69) is 5.32 Å². The van der Waals surface area contributed by atoms with Crippen LogP contribution in [0, 0.1) is 19.7 Å². The summed E-state index contributed by atoms with van der Waals surface area (Å²) in [6, 6.07) is 17.0. The molecule has 0 saturated heterocycles. The van der Waals surface area contributed by atoms with Crippen molar-refractivity contribution in [3.8, 4) is 5.75 Å². The Labute approximate surface area is 198 Å². The van der Waals surface area contributed by atoms with Crippen molar-refractivity contribution in [2.24, 2.45) is 0 Å². The molecule has 174 valence electrons. The van der Waals surface area contributed by atoms with Crippen LogP contribution in [-0.2, 0) is 14.8 Å². The minimum Gasteiger partial charge on any atom is -0.491 e.